The van der Waals surface area contributed by atoms with Crippen molar-refractivity contribution in [2.24, 2.45) is 11.7 Å². The van der Waals surface area contributed by atoms with Crippen LogP contribution in [0.1, 0.15) is 29.9 Å². The van der Waals surface area contributed by atoms with Gasteiger partial charge in [0.25, 0.3) is 5.91 Å². The van der Waals surface area contributed by atoms with Crippen molar-refractivity contribution < 1.29 is 4.79 Å². The number of carbonyl (C=O) groups excluding carboxylic acids is 1. The number of nitrogens with one attached hydrogen (secondary N) is 1. The van der Waals surface area contributed by atoms with Crippen molar-refractivity contribution >= 4 is 21.8 Å². The predicted octanol–water partition coefficient (Wildman–Crippen LogP) is 2.48. The summed E-state index contributed by atoms with van der Waals surface area (Å²) in [5.74, 6) is 0.0679. The lowest BCUT2D eigenvalue weighted by atomic mass is 10.1. The molecule has 1 aromatic carbocycles. The summed E-state index contributed by atoms with van der Waals surface area (Å²) in [4.78, 5) is 11.2. The van der Waals surface area contributed by atoms with Crippen molar-refractivity contribution in [2.45, 2.75) is 20.4 Å². The molecular weight excluding hydrogens is 332 g/mol. The van der Waals surface area contributed by atoms with Gasteiger partial charge in [-0.2, -0.15) is 5.10 Å². The van der Waals surface area contributed by atoms with Gasteiger partial charge in [-0.25, -0.2) is 4.68 Å². The van der Waals surface area contributed by atoms with Gasteiger partial charge in [-0.05, 0) is 36.2 Å². The number of halogens is 1. The first-order valence-corrected chi connectivity index (χ1v) is 7.61. The van der Waals surface area contributed by atoms with E-state index in [0.717, 1.165) is 28.8 Å². The molecule has 0 atom stereocenters. The Bertz CT molecular complexity index is 636. The minimum Gasteiger partial charge on any atom is -0.364 e. The molecule has 0 unspecified atom stereocenters. The molecule has 1 aromatic heterocycles. The standard InChI is InChI=1S/C15H19BrN4O/c1-10(2)8-18-9-11-3-4-12(16)7-14(11)20-6-5-13(19-20)15(17)21/h3-7,10,18H,8-9H2,1-2H3,(H2,17,21). The number of primary amides is 1. The van der Waals surface area contributed by atoms with Crippen molar-refractivity contribution in [3.8, 4) is 5.69 Å². The molecule has 112 valence electrons. The highest BCUT2D eigenvalue weighted by Gasteiger charge is 2.10. The lowest BCUT2D eigenvalue weighted by molar-refractivity contribution is 0.0995. The van der Waals surface area contributed by atoms with E-state index < -0.39 is 5.91 Å². The average Bonchev–Trinajstić information content (AvgIpc) is 2.89. The zero-order valence-electron chi connectivity index (χ0n) is 12.1. The highest BCUT2D eigenvalue weighted by Crippen LogP contribution is 2.20. The van der Waals surface area contributed by atoms with Gasteiger partial charge in [0.15, 0.2) is 0 Å². The fraction of sp³-hybridized carbons (Fsp3) is 0.333. The van der Waals surface area contributed by atoms with Gasteiger partial charge in [0.2, 0.25) is 0 Å². The second-order valence-corrected chi connectivity index (χ2v) is 6.22. The first-order valence-electron chi connectivity index (χ1n) is 6.82. The van der Waals surface area contributed by atoms with Crippen LogP contribution in [0.5, 0.6) is 0 Å². The second-order valence-electron chi connectivity index (χ2n) is 5.31. The maximum atomic E-state index is 11.2. The van der Waals surface area contributed by atoms with Gasteiger partial charge >= 0.3 is 0 Å². The van der Waals surface area contributed by atoms with Crippen LogP contribution in [0.2, 0.25) is 0 Å². The minimum atomic E-state index is -0.525. The molecule has 0 aliphatic heterocycles. The molecule has 6 heteroatoms. The summed E-state index contributed by atoms with van der Waals surface area (Å²) < 4.78 is 2.64. The van der Waals surface area contributed by atoms with Crippen LogP contribution in [0.15, 0.2) is 34.9 Å². The molecule has 21 heavy (non-hydrogen) atoms. The van der Waals surface area contributed by atoms with E-state index in [-0.39, 0.29) is 5.69 Å². The third kappa shape index (κ3) is 4.15. The number of hydrogen-bond donors (Lipinski definition) is 2. The summed E-state index contributed by atoms with van der Waals surface area (Å²) in [6.45, 7) is 6.03. The Labute approximate surface area is 132 Å². The maximum Gasteiger partial charge on any atom is 0.269 e. The number of benzene rings is 1. The number of aromatic nitrogens is 2. The van der Waals surface area contributed by atoms with Gasteiger partial charge in [-0.1, -0.05) is 35.8 Å². The highest BCUT2D eigenvalue weighted by atomic mass is 79.9. The first-order chi connectivity index (χ1) is 9.97. The lowest BCUT2D eigenvalue weighted by Crippen LogP contribution is -2.20. The fourth-order valence-corrected chi connectivity index (χ4v) is 2.33. The Morgan fingerprint density at radius 1 is 1.43 bits per heavy atom. The SMILES string of the molecule is CC(C)CNCc1ccc(Br)cc1-n1ccc(C(N)=O)n1. The van der Waals surface area contributed by atoms with Gasteiger partial charge in [0.05, 0.1) is 5.69 Å². The van der Waals surface area contributed by atoms with Crippen LogP contribution in [0.4, 0.5) is 0 Å². The van der Waals surface area contributed by atoms with E-state index >= 15 is 0 Å². The van der Waals surface area contributed by atoms with Gasteiger partial charge in [-0.3, -0.25) is 4.79 Å². The fourth-order valence-electron chi connectivity index (χ4n) is 1.98. The molecule has 0 aliphatic rings. The van der Waals surface area contributed by atoms with Crippen molar-refractivity contribution in [1.29, 1.82) is 0 Å². The number of carbonyl (C=O) groups is 1. The van der Waals surface area contributed by atoms with Gasteiger partial charge in [0, 0.05) is 17.2 Å². The van der Waals surface area contributed by atoms with Crippen molar-refractivity contribution in [2.75, 3.05) is 6.54 Å². The van der Waals surface area contributed by atoms with Crippen LogP contribution in [0, 0.1) is 5.92 Å². The summed E-state index contributed by atoms with van der Waals surface area (Å²) in [6, 6.07) is 7.63. The van der Waals surface area contributed by atoms with Gasteiger partial charge in [-0.15, -0.1) is 0 Å². The Kier molecular flexibility index (Phi) is 5.14. The Morgan fingerprint density at radius 3 is 2.81 bits per heavy atom. The quantitative estimate of drug-likeness (QED) is 0.840. The van der Waals surface area contributed by atoms with Crippen LogP contribution in [-0.4, -0.2) is 22.2 Å². The van der Waals surface area contributed by atoms with E-state index in [1.807, 2.05) is 18.2 Å². The number of rotatable bonds is 6. The number of hydrogen-bond acceptors (Lipinski definition) is 3. The van der Waals surface area contributed by atoms with Crippen LogP contribution in [0.3, 0.4) is 0 Å². The lowest BCUT2D eigenvalue weighted by Gasteiger charge is -2.12. The third-order valence-electron chi connectivity index (χ3n) is 3.00. The molecule has 0 saturated heterocycles. The van der Waals surface area contributed by atoms with Crippen molar-refractivity contribution in [3.63, 3.8) is 0 Å². The maximum absolute atomic E-state index is 11.2. The van der Waals surface area contributed by atoms with E-state index in [1.165, 1.54) is 0 Å². The van der Waals surface area contributed by atoms with Gasteiger partial charge < -0.3 is 11.1 Å². The van der Waals surface area contributed by atoms with E-state index in [4.69, 9.17) is 5.73 Å². The topological polar surface area (TPSA) is 72.9 Å². The molecule has 0 aliphatic carbocycles. The van der Waals surface area contributed by atoms with Gasteiger partial charge in [0.1, 0.15) is 5.69 Å². The molecule has 0 spiro atoms. The molecule has 2 aromatic rings. The van der Waals surface area contributed by atoms with Crippen LogP contribution in [-0.2, 0) is 6.54 Å². The molecule has 1 heterocycles. The second kappa shape index (κ2) is 6.87. The Hall–Kier alpha value is -1.66. The molecule has 1 amide bonds. The van der Waals surface area contributed by atoms with Crippen LogP contribution >= 0.6 is 15.9 Å². The highest BCUT2D eigenvalue weighted by molar-refractivity contribution is 9.10. The summed E-state index contributed by atoms with van der Waals surface area (Å²) in [5, 5.41) is 7.63. The smallest absolute Gasteiger partial charge is 0.269 e. The summed E-state index contributed by atoms with van der Waals surface area (Å²) in [5.41, 5.74) is 7.54. The molecule has 3 N–H and O–H groups in total. The van der Waals surface area contributed by atoms with E-state index in [1.54, 1.807) is 16.9 Å². The van der Waals surface area contributed by atoms with Crippen LogP contribution in [0.25, 0.3) is 5.69 Å². The normalized spacial score (nSPS) is 11.0. The first kappa shape index (κ1) is 15.7. The van der Waals surface area contributed by atoms with Crippen molar-refractivity contribution in [3.05, 3.63) is 46.2 Å². The predicted molar refractivity (Wildman–Crippen MR) is 86.3 cm³/mol. The molecule has 0 radical (unpaired) electrons. The van der Waals surface area contributed by atoms with E-state index in [2.05, 4.69) is 40.2 Å². The third-order valence-corrected chi connectivity index (χ3v) is 3.50. The molecule has 0 fully saturated rings. The monoisotopic (exact) mass is 350 g/mol. The number of nitrogens with zero attached hydrogens (tertiary/aromatic N) is 2. The summed E-state index contributed by atoms with van der Waals surface area (Å²) in [6.07, 6.45) is 1.74. The van der Waals surface area contributed by atoms with Crippen LogP contribution < -0.4 is 11.1 Å². The number of nitrogens with two attached hydrogens (primary N) is 1. The molecular formula is C15H19BrN4O. The average molecular weight is 351 g/mol. The molecule has 5 nitrogen and oxygen atoms in total. The Morgan fingerprint density at radius 2 is 2.19 bits per heavy atom. The number of amides is 1. The largest absolute Gasteiger partial charge is 0.364 e. The molecule has 2 rings (SSSR count). The summed E-state index contributed by atoms with van der Waals surface area (Å²) in [7, 11) is 0. The van der Waals surface area contributed by atoms with E-state index in [0.29, 0.717) is 5.92 Å². The Balaban J connectivity index is 2.27. The molecule has 0 saturated carbocycles. The zero-order valence-corrected chi connectivity index (χ0v) is 13.7. The van der Waals surface area contributed by atoms with Crippen molar-refractivity contribution in [1.82, 2.24) is 15.1 Å². The minimum absolute atomic E-state index is 0.260. The van der Waals surface area contributed by atoms with E-state index in [9.17, 15) is 4.79 Å². The zero-order chi connectivity index (χ0) is 15.4. The molecule has 0 bridgehead atoms. The summed E-state index contributed by atoms with van der Waals surface area (Å²) >= 11 is 3.47.